The average molecular weight is 492 g/mol. The summed E-state index contributed by atoms with van der Waals surface area (Å²) in [5.74, 6) is 1.35. The van der Waals surface area contributed by atoms with Crippen LogP contribution in [0.2, 0.25) is 0 Å². The van der Waals surface area contributed by atoms with E-state index in [2.05, 4.69) is 25.7 Å². The number of pyridine rings is 1. The van der Waals surface area contributed by atoms with E-state index < -0.39 is 23.4 Å². The quantitative estimate of drug-likeness (QED) is 0.397. The van der Waals surface area contributed by atoms with Crippen LogP contribution in [-0.4, -0.2) is 41.1 Å². The van der Waals surface area contributed by atoms with Crippen molar-refractivity contribution in [3.63, 3.8) is 0 Å². The number of likely N-dealkylation sites (N-methyl/N-ethyl adjacent to an activating group) is 1. The number of hydrogen-bond acceptors (Lipinski definition) is 5. The third-order valence-corrected chi connectivity index (χ3v) is 6.31. The number of nitrogens with zero attached hydrogens (tertiary/aromatic N) is 3. The first-order valence-corrected chi connectivity index (χ1v) is 10.8. The molecule has 4 nitrogen and oxygen atoms in total. The van der Waals surface area contributed by atoms with Gasteiger partial charge in [0.25, 0.3) is 0 Å². The summed E-state index contributed by atoms with van der Waals surface area (Å²) in [4.78, 5) is 5.34. The van der Waals surface area contributed by atoms with Crippen molar-refractivity contribution in [1.29, 1.82) is 0 Å². The van der Waals surface area contributed by atoms with Crippen LogP contribution in [0.5, 0.6) is 0 Å². The zero-order valence-corrected chi connectivity index (χ0v) is 18.0. The smallest absolute Gasteiger partial charge is 0.256 e. The third kappa shape index (κ3) is 3.64. The fourth-order valence-corrected chi connectivity index (χ4v) is 4.99. The van der Waals surface area contributed by atoms with E-state index in [1.54, 1.807) is 29.0 Å². The highest BCUT2D eigenvalue weighted by molar-refractivity contribution is 9.10. The van der Waals surface area contributed by atoms with Gasteiger partial charge in [0.05, 0.1) is 27.8 Å². The number of rotatable bonds is 3. The summed E-state index contributed by atoms with van der Waals surface area (Å²) < 4.78 is 61.4. The van der Waals surface area contributed by atoms with Crippen LogP contribution < -0.4 is 5.01 Å². The van der Waals surface area contributed by atoms with E-state index in [0.29, 0.717) is 17.9 Å². The Morgan fingerprint density at radius 2 is 2.00 bits per heavy atom. The molecule has 3 heterocycles. The number of hydrazine groups is 1. The SMILES string of the molecule is CCSc1cc(Br)cnc1N1C2=CC(CC/C=C3\C(=C/2)C(F)(F)OC3(F)F)N1C. The summed E-state index contributed by atoms with van der Waals surface area (Å²) >= 11 is 4.96. The fourth-order valence-electron chi connectivity index (χ4n) is 3.71. The number of alkyl halides is 4. The molecule has 0 aromatic carbocycles. The second-order valence-corrected chi connectivity index (χ2v) is 9.06. The van der Waals surface area contributed by atoms with Gasteiger partial charge < -0.3 is 0 Å². The summed E-state index contributed by atoms with van der Waals surface area (Å²) in [5, 5.41) is 3.60. The molecule has 4 rings (SSSR count). The second-order valence-electron chi connectivity index (χ2n) is 6.84. The lowest BCUT2D eigenvalue weighted by Gasteiger charge is -2.32. The number of halogens is 5. The van der Waals surface area contributed by atoms with Crippen LogP contribution in [0.1, 0.15) is 19.8 Å². The predicted octanol–water partition coefficient (Wildman–Crippen LogP) is 5.74. The molecule has 1 atom stereocenters. The lowest BCUT2D eigenvalue weighted by molar-refractivity contribution is -0.313. The Balaban J connectivity index is 1.84. The van der Waals surface area contributed by atoms with E-state index in [9.17, 15) is 17.6 Å². The Bertz CT molecular complexity index is 934. The molecule has 1 fully saturated rings. The number of thioether (sulfide) groups is 1. The molecule has 0 radical (unpaired) electrons. The maximum Gasteiger partial charge on any atom is 0.388 e. The molecule has 1 aromatic rings. The van der Waals surface area contributed by atoms with Crippen molar-refractivity contribution < 1.29 is 22.3 Å². The van der Waals surface area contributed by atoms with Crippen LogP contribution in [0.25, 0.3) is 0 Å². The fraction of sp³-hybridized carbons (Fsp3) is 0.421. The summed E-state index contributed by atoms with van der Waals surface area (Å²) in [6, 6.07) is 1.77. The Hall–Kier alpha value is -1.36. The van der Waals surface area contributed by atoms with Gasteiger partial charge in [-0.15, -0.1) is 11.8 Å². The van der Waals surface area contributed by atoms with Gasteiger partial charge in [-0.05, 0) is 52.7 Å². The zero-order chi connectivity index (χ0) is 21.0. The van der Waals surface area contributed by atoms with Crippen LogP contribution in [0.4, 0.5) is 23.4 Å². The van der Waals surface area contributed by atoms with Gasteiger partial charge in [0.2, 0.25) is 0 Å². The first-order chi connectivity index (χ1) is 13.6. The number of anilines is 1. The van der Waals surface area contributed by atoms with Gasteiger partial charge in [-0.25, -0.2) is 14.7 Å². The van der Waals surface area contributed by atoms with E-state index in [0.717, 1.165) is 27.3 Å². The van der Waals surface area contributed by atoms with Crippen molar-refractivity contribution >= 4 is 33.5 Å². The Morgan fingerprint density at radius 1 is 1.28 bits per heavy atom. The van der Waals surface area contributed by atoms with E-state index >= 15 is 0 Å². The van der Waals surface area contributed by atoms with Gasteiger partial charge in [-0.3, -0.25) is 5.01 Å². The van der Waals surface area contributed by atoms with Crippen LogP contribution >= 0.6 is 27.7 Å². The van der Waals surface area contributed by atoms with Gasteiger partial charge in [0, 0.05) is 17.7 Å². The Morgan fingerprint density at radius 3 is 2.72 bits per heavy atom. The highest BCUT2D eigenvalue weighted by atomic mass is 79.9. The molecule has 1 aliphatic carbocycles. The van der Waals surface area contributed by atoms with Gasteiger partial charge in [0.15, 0.2) is 5.82 Å². The van der Waals surface area contributed by atoms with Gasteiger partial charge in [0.1, 0.15) is 0 Å². The molecule has 3 aliphatic rings. The molecular weight excluding hydrogens is 474 g/mol. The second kappa shape index (κ2) is 7.40. The van der Waals surface area contributed by atoms with Crippen molar-refractivity contribution in [3.8, 4) is 0 Å². The number of aromatic nitrogens is 1. The van der Waals surface area contributed by atoms with Gasteiger partial charge >= 0.3 is 12.2 Å². The van der Waals surface area contributed by atoms with Crippen molar-refractivity contribution in [2.24, 2.45) is 0 Å². The van der Waals surface area contributed by atoms with Crippen LogP contribution in [0, 0.1) is 0 Å². The molecule has 2 aliphatic heterocycles. The summed E-state index contributed by atoms with van der Waals surface area (Å²) in [6.07, 6.45) is -1.69. The van der Waals surface area contributed by atoms with Crippen molar-refractivity contribution in [2.75, 3.05) is 17.8 Å². The van der Waals surface area contributed by atoms with E-state index in [4.69, 9.17) is 0 Å². The standard InChI is InChI=1S/C19H18BrF4N3OS/c1-3-29-16-7-11(20)10-25-17(16)27-13-8-12(26(27)2)5-4-6-14-15(9-13)19(23,24)28-18(14,21)22/h6-10,12H,3-5H2,1-2H3/b14-6+,15-9+. The minimum Gasteiger partial charge on any atom is -0.256 e. The molecular formula is C19H18BrF4N3OS. The number of allylic oxidation sites excluding steroid dienone is 2. The average Bonchev–Trinajstić information content (AvgIpc) is 3.05. The number of ether oxygens (including phenoxy) is 1. The highest BCUT2D eigenvalue weighted by Crippen LogP contribution is 2.51. The maximum atomic E-state index is 14.3. The number of hydrogen-bond donors (Lipinski definition) is 0. The van der Waals surface area contributed by atoms with E-state index in [1.807, 2.05) is 25.0 Å². The monoisotopic (exact) mass is 491 g/mol. The van der Waals surface area contributed by atoms with E-state index in [-0.39, 0.29) is 12.5 Å². The summed E-state index contributed by atoms with van der Waals surface area (Å²) in [5.41, 5.74) is -1.20. The lowest BCUT2D eigenvalue weighted by atomic mass is 10.0. The summed E-state index contributed by atoms with van der Waals surface area (Å²) in [6.45, 7) is 2.00. The van der Waals surface area contributed by atoms with Crippen molar-refractivity contribution in [2.45, 2.75) is 42.9 Å². The number of fused-ring (bicyclic) bond motifs is 2. The first kappa shape index (κ1) is 20.9. The van der Waals surface area contributed by atoms with Crippen molar-refractivity contribution in [1.82, 2.24) is 9.99 Å². The Kier molecular flexibility index (Phi) is 5.33. The van der Waals surface area contributed by atoms with Crippen LogP contribution in [-0.2, 0) is 4.74 Å². The lowest BCUT2D eigenvalue weighted by Crippen LogP contribution is -2.40. The highest BCUT2D eigenvalue weighted by Gasteiger charge is 2.60. The minimum absolute atomic E-state index is 0.134. The molecule has 156 valence electrons. The molecule has 1 aromatic heterocycles. The largest absolute Gasteiger partial charge is 0.388 e. The topological polar surface area (TPSA) is 28.6 Å². The molecule has 0 amide bonds. The minimum atomic E-state index is -4.07. The molecule has 1 unspecified atom stereocenters. The van der Waals surface area contributed by atoms with Crippen molar-refractivity contribution in [3.05, 3.63) is 51.8 Å². The molecule has 1 saturated heterocycles. The summed E-state index contributed by atoms with van der Waals surface area (Å²) in [7, 11) is 1.83. The molecule has 0 spiro atoms. The van der Waals surface area contributed by atoms with Crippen LogP contribution in [0.15, 0.2) is 56.7 Å². The molecule has 10 heteroatoms. The third-order valence-electron chi connectivity index (χ3n) is 4.98. The molecule has 2 bridgehead atoms. The molecule has 29 heavy (non-hydrogen) atoms. The van der Waals surface area contributed by atoms with Gasteiger partial charge in [-0.2, -0.15) is 17.6 Å². The van der Waals surface area contributed by atoms with Crippen LogP contribution in [0.3, 0.4) is 0 Å². The van der Waals surface area contributed by atoms with Gasteiger partial charge in [-0.1, -0.05) is 13.0 Å². The Labute approximate surface area is 178 Å². The van der Waals surface area contributed by atoms with E-state index in [1.165, 1.54) is 0 Å². The first-order valence-electron chi connectivity index (χ1n) is 9.06. The normalized spacial score (nSPS) is 29.1. The predicted molar refractivity (Wildman–Crippen MR) is 107 cm³/mol. The molecule has 0 N–H and O–H groups in total. The zero-order valence-electron chi connectivity index (χ0n) is 15.6. The maximum absolute atomic E-state index is 14.3. The molecule has 0 saturated carbocycles.